The molecule has 0 fully saturated rings. The first-order valence-corrected chi connectivity index (χ1v) is 15.4. The summed E-state index contributed by atoms with van der Waals surface area (Å²) in [7, 11) is 0. The highest BCUT2D eigenvalue weighted by molar-refractivity contribution is 7.25. The van der Waals surface area contributed by atoms with Crippen molar-refractivity contribution in [3.8, 4) is 40.4 Å². The van der Waals surface area contributed by atoms with Crippen LogP contribution in [0.25, 0.3) is 51.4 Å². The first-order chi connectivity index (χ1) is 16.8. The van der Waals surface area contributed by atoms with Crippen LogP contribution in [-0.2, 0) is 0 Å². The fourth-order valence-corrected chi connectivity index (χ4v) is 10.1. The van der Waals surface area contributed by atoms with Gasteiger partial charge in [0.2, 0.25) is 0 Å². The zero-order chi connectivity index (χ0) is 24.4. The second kappa shape index (κ2) is 8.75. The molecule has 35 heavy (non-hydrogen) atoms. The summed E-state index contributed by atoms with van der Waals surface area (Å²) in [4.78, 5) is 10.8. The molecule has 5 heterocycles. The van der Waals surface area contributed by atoms with Crippen LogP contribution in [0.4, 0.5) is 0 Å². The third-order valence-corrected chi connectivity index (χ3v) is 12.0. The molecule has 5 aromatic heterocycles. The molecule has 0 atom stereocenters. The van der Waals surface area contributed by atoms with Crippen LogP contribution in [0.15, 0.2) is 36.4 Å². The minimum atomic E-state index is 1.01. The van der Waals surface area contributed by atoms with Crippen LogP contribution < -0.4 is 0 Å². The summed E-state index contributed by atoms with van der Waals surface area (Å²) < 4.78 is 9.57. The molecule has 6 aromatic rings. The third-order valence-electron chi connectivity index (χ3n) is 6.27. The molecule has 176 valence electrons. The highest BCUT2D eigenvalue weighted by Gasteiger charge is 2.21. The number of fused-ring (bicyclic) bond motifs is 1. The second-order valence-corrected chi connectivity index (χ2v) is 14.3. The van der Waals surface area contributed by atoms with Gasteiger partial charge in [0.1, 0.15) is 11.0 Å². The van der Waals surface area contributed by atoms with Gasteiger partial charge in [-0.05, 0) is 88.1 Å². The van der Waals surface area contributed by atoms with E-state index in [4.69, 9.17) is 8.75 Å². The summed E-state index contributed by atoms with van der Waals surface area (Å²) >= 11 is 8.82. The number of aromatic nitrogens is 2. The van der Waals surface area contributed by atoms with Crippen LogP contribution in [0.2, 0.25) is 0 Å². The van der Waals surface area contributed by atoms with Gasteiger partial charge in [0.05, 0.1) is 11.7 Å². The fraction of sp³-hybridized carbons (Fsp3) is 0.214. The molecule has 0 amide bonds. The van der Waals surface area contributed by atoms with Gasteiger partial charge < -0.3 is 0 Å². The van der Waals surface area contributed by atoms with Crippen molar-refractivity contribution < 1.29 is 0 Å². The summed E-state index contributed by atoms with van der Waals surface area (Å²) in [5.41, 5.74) is 9.73. The average molecular weight is 549 g/mol. The molecular formula is C28H24N2S5. The lowest BCUT2D eigenvalue weighted by Gasteiger charge is -2.06. The van der Waals surface area contributed by atoms with Gasteiger partial charge in [-0.25, -0.2) is 0 Å². The standard InChI is InChI=1S/C28H24N2S5/c1-13-9-17(5)31-27(13)21-11-15(3)25(33-21)19-7-8-20(24-23(19)29-35-30-24)26-16(4)12-22(34-26)28-14(2)10-18(6)32-28/h7-12H,1-6H3. The number of aryl methyl sites for hydroxylation is 6. The maximum Gasteiger partial charge on any atom is 0.114 e. The van der Waals surface area contributed by atoms with E-state index in [2.05, 4.69) is 77.9 Å². The SMILES string of the molecule is Cc1cc(C)c(-c2cc(C)c(-c3ccc(-c4sc(-c5sc(C)cc5C)cc4C)c4nsnc34)s2)s1. The van der Waals surface area contributed by atoms with Crippen LogP contribution in [0.5, 0.6) is 0 Å². The Morgan fingerprint density at radius 1 is 0.486 bits per heavy atom. The van der Waals surface area contributed by atoms with Crippen molar-refractivity contribution >= 4 is 68.1 Å². The van der Waals surface area contributed by atoms with E-state index < -0.39 is 0 Å². The average Bonchev–Trinajstić information content (AvgIpc) is 3.61. The van der Waals surface area contributed by atoms with E-state index in [0.29, 0.717) is 0 Å². The van der Waals surface area contributed by atoms with E-state index in [-0.39, 0.29) is 0 Å². The number of nitrogens with zero attached hydrogens (tertiary/aromatic N) is 2. The summed E-state index contributed by atoms with van der Waals surface area (Å²) in [6, 6.07) is 13.7. The molecule has 2 nitrogen and oxygen atoms in total. The molecule has 0 saturated heterocycles. The lowest BCUT2D eigenvalue weighted by molar-refractivity contribution is 1.50. The Kier molecular flexibility index (Phi) is 5.81. The summed E-state index contributed by atoms with van der Waals surface area (Å²) in [6.07, 6.45) is 0. The number of rotatable bonds is 4. The highest BCUT2D eigenvalue weighted by Crippen LogP contribution is 2.47. The molecular weight excluding hydrogens is 525 g/mol. The van der Waals surface area contributed by atoms with Gasteiger partial charge in [0.25, 0.3) is 0 Å². The quantitative estimate of drug-likeness (QED) is 0.219. The molecule has 0 N–H and O–H groups in total. The van der Waals surface area contributed by atoms with Crippen molar-refractivity contribution in [3.05, 3.63) is 68.4 Å². The van der Waals surface area contributed by atoms with Gasteiger partial charge in [-0.2, -0.15) is 8.75 Å². The van der Waals surface area contributed by atoms with Crippen molar-refractivity contribution in [2.75, 3.05) is 0 Å². The van der Waals surface area contributed by atoms with E-state index in [0.717, 1.165) is 11.0 Å². The number of thiophene rings is 4. The van der Waals surface area contributed by atoms with E-state index in [9.17, 15) is 0 Å². The van der Waals surface area contributed by atoms with E-state index in [1.807, 2.05) is 45.3 Å². The lowest BCUT2D eigenvalue weighted by Crippen LogP contribution is -1.84. The molecule has 0 bridgehead atoms. The fourth-order valence-electron chi connectivity index (χ4n) is 4.73. The maximum absolute atomic E-state index is 4.78. The summed E-state index contributed by atoms with van der Waals surface area (Å²) in [6.45, 7) is 13.2. The Morgan fingerprint density at radius 3 is 1.26 bits per heavy atom. The predicted octanol–water partition coefficient (Wildman–Crippen LogP) is 10.5. The lowest BCUT2D eigenvalue weighted by atomic mass is 10.0. The zero-order valence-corrected chi connectivity index (χ0v) is 24.5. The molecule has 7 heteroatoms. The Bertz CT molecular complexity index is 1590. The van der Waals surface area contributed by atoms with Gasteiger partial charge in [-0.1, -0.05) is 12.1 Å². The monoisotopic (exact) mass is 548 g/mol. The Labute approximate surface area is 225 Å². The first kappa shape index (κ1) is 23.3. The number of benzene rings is 1. The molecule has 0 radical (unpaired) electrons. The van der Waals surface area contributed by atoms with Crippen molar-refractivity contribution in [2.24, 2.45) is 0 Å². The van der Waals surface area contributed by atoms with Gasteiger partial charge in [-0.3, -0.25) is 0 Å². The van der Waals surface area contributed by atoms with Crippen LogP contribution >= 0.6 is 57.1 Å². The van der Waals surface area contributed by atoms with Crippen molar-refractivity contribution in [1.29, 1.82) is 0 Å². The van der Waals surface area contributed by atoms with Crippen LogP contribution in [-0.4, -0.2) is 8.75 Å². The predicted molar refractivity (Wildman–Crippen MR) is 159 cm³/mol. The van der Waals surface area contributed by atoms with Gasteiger partial charge >= 0.3 is 0 Å². The Morgan fingerprint density at radius 2 is 0.886 bits per heavy atom. The molecule has 0 unspecified atom stereocenters. The van der Waals surface area contributed by atoms with Crippen LogP contribution in [0.3, 0.4) is 0 Å². The molecule has 0 aliphatic heterocycles. The van der Waals surface area contributed by atoms with Crippen LogP contribution in [0, 0.1) is 41.5 Å². The molecule has 6 rings (SSSR count). The second-order valence-electron chi connectivity index (χ2n) is 9.11. The summed E-state index contributed by atoms with van der Waals surface area (Å²) in [5.74, 6) is 0. The Balaban J connectivity index is 1.46. The minimum absolute atomic E-state index is 1.01. The number of hydrogen-bond acceptors (Lipinski definition) is 7. The van der Waals surface area contributed by atoms with E-state index >= 15 is 0 Å². The smallest absolute Gasteiger partial charge is 0.114 e. The zero-order valence-electron chi connectivity index (χ0n) is 20.4. The third kappa shape index (κ3) is 3.94. The maximum atomic E-state index is 4.78. The molecule has 1 aromatic carbocycles. The topological polar surface area (TPSA) is 25.8 Å². The van der Waals surface area contributed by atoms with Crippen LogP contribution in [0.1, 0.15) is 32.0 Å². The van der Waals surface area contributed by atoms with E-state index in [1.54, 1.807) is 0 Å². The molecule has 0 saturated carbocycles. The normalized spacial score (nSPS) is 11.7. The first-order valence-electron chi connectivity index (χ1n) is 11.4. The van der Waals surface area contributed by atoms with Crippen molar-refractivity contribution in [3.63, 3.8) is 0 Å². The highest BCUT2D eigenvalue weighted by atomic mass is 32.1. The largest absolute Gasteiger partial charge is 0.172 e. The van der Waals surface area contributed by atoms with Gasteiger partial charge in [0, 0.05) is 50.1 Å². The molecule has 0 spiro atoms. The van der Waals surface area contributed by atoms with Crippen molar-refractivity contribution in [1.82, 2.24) is 8.75 Å². The van der Waals surface area contributed by atoms with E-state index in [1.165, 1.54) is 84.1 Å². The Hall–Kier alpha value is -2.16. The minimum Gasteiger partial charge on any atom is -0.172 e. The van der Waals surface area contributed by atoms with Gasteiger partial charge in [0.15, 0.2) is 0 Å². The number of hydrogen-bond donors (Lipinski definition) is 0. The van der Waals surface area contributed by atoms with Gasteiger partial charge in [-0.15, -0.1) is 45.3 Å². The summed E-state index contributed by atoms with van der Waals surface area (Å²) in [5, 5.41) is 0. The molecule has 0 aliphatic rings. The van der Waals surface area contributed by atoms with Crippen molar-refractivity contribution in [2.45, 2.75) is 41.5 Å². The molecule has 0 aliphatic carbocycles.